The fourth-order valence-corrected chi connectivity index (χ4v) is 3.58. The third-order valence-electron chi connectivity index (χ3n) is 4.68. The summed E-state index contributed by atoms with van der Waals surface area (Å²) in [5, 5.41) is 7.63. The standard InChI is InChI=1S/C25H26N2O2S/c1-18-7-11-20(12-8-18)5-3-15-26-25(29)23(17-22-6-4-16-30-22)27-24(28)21-13-9-19(2)10-14-21/h4,6-14,16-17H,3,5,15H2,1-2H3,(H,26,29)(H,27,28)/b23-17-. The van der Waals surface area contributed by atoms with Crippen LogP contribution in [0.5, 0.6) is 0 Å². The largest absolute Gasteiger partial charge is 0.351 e. The highest BCUT2D eigenvalue weighted by Crippen LogP contribution is 2.13. The van der Waals surface area contributed by atoms with Crippen molar-refractivity contribution in [1.29, 1.82) is 0 Å². The topological polar surface area (TPSA) is 58.2 Å². The lowest BCUT2D eigenvalue weighted by atomic mass is 10.1. The van der Waals surface area contributed by atoms with Crippen LogP contribution in [0.1, 0.15) is 38.3 Å². The minimum atomic E-state index is -0.299. The normalized spacial score (nSPS) is 11.2. The number of carbonyl (C=O) groups is 2. The summed E-state index contributed by atoms with van der Waals surface area (Å²) in [6.45, 7) is 4.57. The van der Waals surface area contributed by atoms with Gasteiger partial charge in [0.15, 0.2) is 0 Å². The molecule has 0 bridgehead atoms. The number of hydrogen-bond acceptors (Lipinski definition) is 3. The summed E-state index contributed by atoms with van der Waals surface area (Å²) in [5.74, 6) is -0.583. The molecule has 0 atom stereocenters. The average Bonchev–Trinajstić information content (AvgIpc) is 3.25. The molecule has 3 rings (SSSR count). The van der Waals surface area contributed by atoms with Gasteiger partial charge in [-0.25, -0.2) is 0 Å². The van der Waals surface area contributed by atoms with E-state index >= 15 is 0 Å². The smallest absolute Gasteiger partial charge is 0.267 e. The Labute approximate surface area is 181 Å². The van der Waals surface area contributed by atoms with Crippen molar-refractivity contribution in [3.63, 3.8) is 0 Å². The van der Waals surface area contributed by atoms with Crippen LogP contribution in [0.2, 0.25) is 0 Å². The summed E-state index contributed by atoms with van der Waals surface area (Å²) in [6.07, 6.45) is 3.43. The highest BCUT2D eigenvalue weighted by molar-refractivity contribution is 7.10. The van der Waals surface area contributed by atoms with Crippen molar-refractivity contribution in [3.05, 3.63) is 98.9 Å². The summed E-state index contributed by atoms with van der Waals surface area (Å²) in [4.78, 5) is 26.3. The molecule has 2 aromatic carbocycles. The number of nitrogens with one attached hydrogen (secondary N) is 2. The zero-order valence-corrected chi connectivity index (χ0v) is 18.1. The van der Waals surface area contributed by atoms with Gasteiger partial charge in [0.05, 0.1) is 0 Å². The molecule has 2 amide bonds. The van der Waals surface area contributed by atoms with Crippen molar-refractivity contribution in [2.24, 2.45) is 0 Å². The van der Waals surface area contributed by atoms with Crippen LogP contribution in [0.3, 0.4) is 0 Å². The van der Waals surface area contributed by atoms with Crippen molar-refractivity contribution < 1.29 is 9.59 Å². The molecular formula is C25H26N2O2S. The van der Waals surface area contributed by atoms with Gasteiger partial charge in [-0.15, -0.1) is 11.3 Å². The van der Waals surface area contributed by atoms with Gasteiger partial charge in [-0.05, 0) is 61.9 Å². The molecule has 5 heteroatoms. The Morgan fingerprint density at radius 3 is 2.23 bits per heavy atom. The predicted molar refractivity (Wildman–Crippen MR) is 123 cm³/mol. The van der Waals surface area contributed by atoms with Crippen LogP contribution in [0, 0.1) is 13.8 Å². The van der Waals surface area contributed by atoms with Crippen LogP contribution >= 0.6 is 11.3 Å². The average molecular weight is 419 g/mol. The molecule has 1 heterocycles. The van der Waals surface area contributed by atoms with Gasteiger partial charge in [0.25, 0.3) is 11.8 Å². The summed E-state index contributed by atoms with van der Waals surface area (Å²) < 4.78 is 0. The monoisotopic (exact) mass is 418 g/mol. The first-order chi connectivity index (χ1) is 14.5. The molecule has 4 nitrogen and oxygen atoms in total. The maximum absolute atomic E-state index is 12.8. The molecule has 0 saturated carbocycles. The van der Waals surface area contributed by atoms with Gasteiger partial charge in [-0.3, -0.25) is 9.59 Å². The molecule has 0 unspecified atom stereocenters. The second-order valence-electron chi connectivity index (χ2n) is 7.24. The number of carbonyl (C=O) groups excluding carboxylic acids is 2. The Hall–Kier alpha value is -3.18. The molecule has 0 aliphatic heterocycles. The van der Waals surface area contributed by atoms with E-state index in [1.165, 1.54) is 22.5 Å². The van der Waals surface area contributed by atoms with Crippen LogP contribution in [0.15, 0.2) is 71.7 Å². The Morgan fingerprint density at radius 2 is 1.60 bits per heavy atom. The van der Waals surface area contributed by atoms with Crippen LogP contribution in [-0.2, 0) is 11.2 Å². The zero-order valence-electron chi connectivity index (χ0n) is 17.3. The molecule has 0 saturated heterocycles. The van der Waals surface area contributed by atoms with Crippen LogP contribution in [-0.4, -0.2) is 18.4 Å². The van der Waals surface area contributed by atoms with Crippen molar-refractivity contribution >= 4 is 29.2 Å². The molecule has 30 heavy (non-hydrogen) atoms. The minimum absolute atomic E-state index is 0.248. The van der Waals surface area contributed by atoms with E-state index in [0.29, 0.717) is 12.1 Å². The molecule has 0 radical (unpaired) electrons. The second-order valence-corrected chi connectivity index (χ2v) is 8.22. The lowest BCUT2D eigenvalue weighted by Gasteiger charge is -2.11. The van der Waals surface area contributed by atoms with E-state index < -0.39 is 0 Å². The number of hydrogen-bond donors (Lipinski definition) is 2. The van der Waals surface area contributed by atoms with Gasteiger partial charge in [0, 0.05) is 17.0 Å². The van der Waals surface area contributed by atoms with Gasteiger partial charge in [0.2, 0.25) is 0 Å². The van der Waals surface area contributed by atoms with Gasteiger partial charge in [-0.1, -0.05) is 53.6 Å². The van der Waals surface area contributed by atoms with E-state index in [0.717, 1.165) is 23.3 Å². The number of thiophene rings is 1. The number of aryl methyl sites for hydroxylation is 3. The summed E-state index contributed by atoms with van der Waals surface area (Å²) in [7, 11) is 0. The third kappa shape index (κ3) is 6.42. The van der Waals surface area contributed by atoms with E-state index in [2.05, 4.69) is 41.8 Å². The van der Waals surface area contributed by atoms with Crippen molar-refractivity contribution in [2.45, 2.75) is 26.7 Å². The Balaban J connectivity index is 1.61. The lowest BCUT2D eigenvalue weighted by molar-refractivity contribution is -0.117. The van der Waals surface area contributed by atoms with Gasteiger partial charge < -0.3 is 10.6 Å². The van der Waals surface area contributed by atoms with Crippen molar-refractivity contribution in [3.8, 4) is 0 Å². The quantitative estimate of drug-likeness (QED) is 0.404. The van der Waals surface area contributed by atoms with Crippen LogP contribution < -0.4 is 10.6 Å². The predicted octanol–water partition coefficient (Wildman–Crippen LogP) is 4.88. The fourth-order valence-electron chi connectivity index (χ4n) is 2.92. The molecule has 154 valence electrons. The maximum Gasteiger partial charge on any atom is 0.267 e. The van der Waals surface area contributed by atoms with Gasteiger partial charge >= 0.3 is 0 Å². The first-order valence-corrected chi connectivity index (χ1v) is 10.9. The molecule has 0 spiro atoms. The number of amides is 2. The van der Waals surface area contributed by atoms with Crippen molar-refractivity contribution in [2.75, 3.05) is 6.54 Å². The number of benzene rings is 2. The Kier molecular flexibility index (Phi) is 7.57. The lowest BCUT2D eigenvalue weighted by Crippen LogP contribution is -2.35. The minimum Gasteiger partial charge on any atom is -0.351 e. The van der Waals surface area contributed by atoms with E-state index in [-0.39, 0.29) is 17.5 Å². The van der Waals surface area contributed by atoms with E-state index in [4.69, 9.17) is 0 Å². The molecule has 0 fully saturated rings. The molecule has 0 aliphatic carbocycles. The van der Waals surface area contributed by atoms with Gasteiger partial charge in [-0.2, -0.15) is 0 Å². The second kappa shape index (κ2) is 10.6. The summed E-state index contributed by atoms with van der Waals surface area (Å²) >= 11 is 1.51. The SMILES string of the molecule is Cc1ccc(CCCNC(=O)/C(=C/c2cccs2)NC(=O)c2ccc(C)cc2)cc1. The first kappa shape index (κ1) is 21.5. The molecule has 1 aromatic heterocycles. The first-order valence-electron chi connectivity index (χ1n) is 9.98. The fraction of sp³-hybridized carbons (Fsp3) is 0.200. The van der Waals surface area contributed by atoms with E-state index in [9.17, 15) is 9.59 Å². The van der Waals surface area contributed by atoms with Crippen LogP contribution in [0.4, 0.5) is 0 Å². The maximum atomic E-state index is 12.8. The van der Waals surface area contributed by atoms with E-state index in [1.807, 2.05) is 36.6 Å². The highest BCUT2D eigenvalue weighted by Gasteiger charge is 2.14. The van der Waals surface area contributed by atoms with Crippen LogP contribution in [0.25, 0.3) is 6.08 Å². The molecule has 0 aliphatic rings. The molecule has 2 N–H and O–H groups in total. The zero-order chi connectivity index (χ0) is 21.3. The van der Waals surface area contributed by atoms with E-state index in [1.54, 1.807) is 18.2 Å². The molecular weight excluding hydrogens is 392 g/mol. The summed E-state index contributed by atoms with van der Waals surface area (Å²) in [5.41, 5.74) is 4.33. The third-order valence-corrected chi connectivity index (χ3v) is 5.50. The molecule has 3 aromatic rings. The Bertz CT molecular complexity index is 1000. The highest BCUT2D eigenvalue weighted by atomic mass is 32.1. The Morgan fingerprint density at radius 1 is 0.933 bits per heavy atom. The summed E-state index contributed by atoms with van der Waals surface area (Å²) in [6, 6.07) is 19.5. The number of rotatable bonds is 8. The van der Waals surface area contributed by atoms with Gasteiger partial charge in [0.1, 0.15) is 5.70 Å². The van der Waals surface area contributed by atoms with Crippen molar-refractivity contribution in [1.82, 2.24) is 10.6 Å².